The second-order valence-electron chi connectivity index (χ2n) is 9.71. The fourth-order valence-corrected chi connectivity index (χ4v) is 3.67. The lowest BCUT2D eigenvalue weighted by atomic mass is 9.99. The van der Waals surface area contributed by atoms with E-state index in [1.54, 1.807) is 30.8 Å². The van der Waals surface area contributed by atoms with Gasteiger partial charge in [0.25, 0.3) is 0 Å². The van der Waals surface area contributed by atoms with Crippen molar-refractivity contribution >= 4 is 18.2 Å². The number of hydrogen-bond donors (Lipinski definition) is 1. The molecule has 0 bridgehead atoms. The lowest BCUT2D eigenvalue weighted by Crippen LogP contribution is -2.43. The molecule has 34 heavy (non-hydrogen) atoms. The van der Waals surface area contributed by atoms with Crippen LogP contribution in [-0.4, -0.2) is 85.3 Å². The number of nitrogens with zero attached hydrogens (tertiary/aromatic N) is 3. The minimum atomic E-state index is -0.195. The molecule has 7 nitrogen and oxygen atoms in total. The van der Waals surface area contributed by atoms with Crippen LogP contribution in [0.2, 0.25) is 0 Å². The van der Waals surface area contributed by atoms with E-state index in [0.717, 1.165) is 12.5 Å². The molecule has 0 aromatic rings. The molecule has 0 aromatic carbocycles. The summed E-state index contributed by atoms with van der Waals surface area (Å²) in [4.78, 5) is 40.4. The lowest BCUT2D eigenvalue weighted by molar-refractivity contribution is -0.132. The van der Waals surface area contributed by atoms with Gasteiger partial charge in [-0.05, 0) is 59.0 Å². The Hall–Kier alpha value is -1.89. The summed E-state index contributed by atoms with van der Waals surface area (Å²) in [6.07, 6.45) is 8.76. The number of amides is 3. The molecule has 1 fully saturated rings. The number of hydrogen-bond acceptors (Lipinski definition) is 4. The molecule has 200 valence electrons. The first-order chi connectivity index (χ1) is 16.0. The zero-order valence-electron chi connectivity index (χ0n) is 23.8. The van der Waals surface area contributed by atoms with Crippen LogP contribution in [0.3, 0.4) is 0 Å². The molecule has 1 atom stereocenters. The number of likely N-dealkylation sites (tertiary alicyclic amines) is 1. The van der Waals surface area contributed by atoms with E-state index in [9.17, 15) is 14.4 Å². The minimum Gasteiger partial charge on any atom is -0.350 e. The van der Waals surface area contributed by atoms with E-state index in [-0.39, 0.29) is 30.3 Å². The highest BCUT2D eigenvalue weighted by Crippen LogP contribution is 2.14. The van der Waals surface area contributed by atoms with Gasteiger partial charge in [-0.3, -0.25) is 14.4 Å². The molecule has 0 spiro atoms. The molecule has 1 N–H and O–H groups in total. The smallest absolute Gasteiger partial charge is 0.248 e. The van der Waals surface area contributed by atoms with Gasteiger partial charge in [0.1, 0.15) is 0 Å². The molecule has 0 aliphatic carbocycles. The van der Waals surface area contributed by atoms with Crippen LogP contribution >= 0.6 is 0 Å². The molecular weight excluding hydrogens is 428 g/mol. The van der Waals surface area contributed by atoms with Crippen molar-refractivity contribution in [2.45, 2.75) is 99.6 Å². The topological polar surface area (TPSA) is 73.0 Å². The van der Waals surface area contributed by atoms with E-state index in [0.29, 0.717) is 18.5 Å². The highest BCUT2D eigenvalue weighted by atomic mass is 16.2. The molecule has 0 saturated carbocycles. The molecule has 1 saturated heterocycles. The Kier molecular flexibility index (Phi) is 20.6. The van der Waals surface area contributed by atoms with E-state index in [4.69, 9.17) is 0 Å². The Bertz CT molecular complexity index is 584. The summed E-state index contributed by atoms with van der Waals surface area (Å²) in [6, 6.07) is 0.574. The van der Waals surface area contributed by atoms with Crippen molar-refractivity contribution in [2.24, 2.45) is 5.92 Å². The number of carbonyl (C=O) groups is 3. The molecule has 1 aliphatic rings. The predicted molar refractivity (Wildman–Crippen MR) is 144 cm³/mol. The second kappa shape index (κ2) is 20.5. The highest BCUT2D eigenvalue weighted by molar-refractivity contribution is 5.92. The van der Waals surface area contributed by atoms with Gasteiger partial charge in [-0.25, -0.2) is 0 Å². The Morgan fingerprint density at radius 1 is 1.00 bits per heavy atom. The maximum absolute atomic E-state index is 12.3. The summed E-state index contributed by atoms with van der Waals surface area (Å²) < 4.78 is 0. The van der Waals surface area contributed by atoms with Crippen molar-refractivity contribution in [3.8, 4) is 0 Å². The molecule has 7 heteroatoms. The number of likely N-dealkylation sites (N-methyl/N-ethyl adjacent to an activating group) is 2. The Morgan fingerprint density at radius 2 is 1.53 bits per heavy atom. The van der Waals surface area contributed by atoms with Crippen LogP contribution in [0.15, 0.2) is 11.6 Å². The molecule has 0 aromatic heterocycles. The summed E-state index contributed by atoms with van der Waals surface area (Å²) >= 11 is 0. The van der Waals surface area contributed by atoms with Crippen molar-refractivity contribution in [2.75, 3.05) is 40.3 Å². The summed E-state index contributed by atoms with van der Waals surface area (Å²) in [6.45, 7) is 19.9. The van der Waals surface area contributed by atoms with E-state index in [2.05, 4.69) is 37.9 Å². The van der Waals surface area contributed by atoms with Gasteiger partial charge in [0, 0.05) is 32.3 Å². The van der Waals surface area contributed by atoms with Crippen LogP contribution in [0.25, 0.3) is 0 Å². The van der Waals surface area contributed by atoms with Crippen LogP contribution in [-0.2, 0) is 14.4 Å². The standard InChI is InChI=1S/C16H29N3O3.C8H17N.C3H8/c1-7-8-18(5)16(22)13(4)9-14(12(2)3)19(6)15(21)10-17-11-20;1-8(2)9-6-4-3-5-7-9;1-3-2/h9,11-12,14H,7-8,10H2,1-6H3,(H,17,20);8H,3-7H2,1-2H3;3H2,1-2H3/b13-9+;;/t14-;;/m1../s1. The van der Waals surface area contributed by atoms with Gasteiger partial charge < -0.3 is 20.0 Å². The normalized spacial score (nSPS) is 14.9. The second-order valence-corrected chi connectivity index (χ2v) is 9.71. The van der Waals surface area contributed by atoms with Gasteiger partial charge in [0.15, 0.2) is 0 Å². The number of piperidine rings is 1. The van der Waals surface area contributed by atoms with Gasteiger partial charge in [-0.1, -0.05) is 53.5 Å². The van der Waals surface area contributed by atoms with Crippen molar-refractivity contribution in [3.63, 3.8) is 0 Å². The van der Waals surface area contributed by atoms with E-state index >= 15 is 0 Å². The van der Waals surface area contributed by atoms with Crippen LogP contribution in [0, 0.1) is 5.92 Å². The van der Waals surface area contributed by atoms with Crippen molar-refractivity contribution < 1.29 is 14.4 Å². The summed E-state index contributed by atoms with van der Waals surface area (Å²) in [7, 11) is 3.46. The van der Waals surface area contributed by atoms with E-state index < -0.39 is 0 Å². The van der Waals surface area contributed by atoms with Crippen molar-refractivity contribution in [1.82, 2.24) is 20.0 Å². The SMILES string of the molecule is CC(C)N1CCCCC1.CCC.CCCN(C)C(=O)/C(C)=C/[C@H](C(C)C)N(C)C(=O)CNC=O. The first kappa shape index (κ1) is 34.3. The fourth-order valence-electron chi connectivity index (χ4n) is 3.67. The summed E-state index contributed by atoms with van der Waals surface area (Å²) in [5.74, 6) is -0.0620. The molecule has 1 aliphatic heterocycles. The van der Waals surface area contributed by atoms with Crippen LogP contribution in [0.4, 0.5) is 0 Å². The zero-order valence-corrected chi connectivity index (χ0v) is 23.8. The third-order valence-electron chi connectivity index (χ3n) is 5.65. The maximum atomic E-state index is 12.3. The van der Waals surface area contributed by atoms with Crippen molar-refractivity contribution in [1.29, 1.82) is 0 Å². The third-order valence-corrected chi connectivity index (χ3v) is 5.65. The fraction of sp³-hybridized carbons (Fsp3) is 0.815. The highest BCUT2D eigenvalue weighted by Gasteiger charge is 2.22. The Morgan fingerprint density at radius 3 is 1.91 bits per heavy atom. The van der Waals surface area contributed by atoms with Gasteiger partial charge in [0.2, 0.25) is 18.2 Å². The largest absolute Gasteiger partial charge is 0.350 e. The third kappa shape index (κ3) is 15.1. The average Bonchev–Trinajstić information content (AvgIpc) is 2.81. The van der Waals surface area contributed by atoms with Gasteiger partial charge in [-0.15, -0.1) is 0 Å². The quantitative estimate of drug-likeness (QED) is 0.372. The van der Waals surface area contributed by atoms with Gasteiger partial charge >= 0.3 is 0 Å². The van der Waals surface area contributed by atoms with Crippen molar-refractivity contribution in [3.05, 3.63) is 11.6 Å². The number of rotatable bonds is 10. The minimum absolute atomic E-state index is 0.0284. The van der Waals surface area contributed by atoms with Crippen LogP contribution < -0.4 is 5.32 Å². The molecular formula is C27H54N4O3. The Balaban J connectivity index is 0. The Labute approximate surface area is 210 Å². The zero-order chi connectivity index (χ0) is 26.7. The van der Waals surface area contributed by atoms with E-state index in [1.807, 2.05) is 26.8 Å². The van der Waals surface area contributed by atoms with Crippen LogP contribution in [0.5, 0.6) is 0 Å². The monoisotopic (exact) mass is 482 g/mol. The number of nitrogens with one attached hydrogen (secondary N) is 1. The maximum Gasteiger partial charge on any atom is 0.248 e. The van der Waals surface area contributed by atoms with Crippen LogP contribution in [0.1, 0.15) is 87.5 Å². The molecule has 0 radical (unpaired) electrons. The predicted octanol–water partition coefficient (Wildman–Crippen LogP) is 4.33. The summed E-state index contributed by atoms with van der Waals surface area (Å²) in [5, 5.41) is 2.37. The molecule has 1 heterocycles. The lowest BCUT2D eigenvalue weighted by Gasteiger charge is -2.30. The average molecular weight is 483 g/mol. The molecule has 3 amide bonds. The van der Waals surface area contributed by atoms with Gasteiger partial charge in [0.05, 0.1) is 12.6 Å². The first-order valence-corrected chi connectivity index (χ1v) is 13.1. The van der Waals surface area contributed by atoms with E-state index in [1.165, 1.54) is 38.8 Å². The molecule has 0 unspecified atom stereocenters. The van der Waals surface area contributed by atoms with Gasteiger partial charge in [-0.2, -0.15) is 0 Å². The summed E-state index contributed by atoms with van der Waals surface area (Å²) in [5.41, 5.74) is 0.623. The first-order valence-electron chi connectivity index (χ1n) is 13.1. The number of carbonyl (C=O) groups excluding carboxylic acids is 3. The molecule has 1 rings (SSSR count).